The molecule has 0 radical (unpaired) electrons. The number of rotatable bonds is 5. The summed E-state index contributed by atoms with van der Waals surface area (Å²) >= 11 is 7.53. The van der Waals surface area contributed by atoms with Crippen LogP contribution < -0.4 is 5.32 Å². The highest BCUT2D eigenvalue weighted by Crippen LogP contribution is 2.21. The molecule has 0 spiro atoms. The highest BCUT2D eigenvalue weighted by Gasteiger charge is 2.02. The van der Waals surface area contributed by atoms with E-state index in [-0.39, 0.29) is 0 Å². The molecule has 2 aromatic carbocycles. The Hall–Kier alpha value is -1.42. The van der Waals surface area contributed by atoms with Crippen LogP contribution in [-0.2, 0) is 19.0 Å². The van der Waals surface area contributed by atoms with Crippen LogP contribution in [0, 0.1) is 0 Å². The van der Waals surface area contributed by atoms with Crippen LogP contribution in [0.4, 0.5) is 0 Å². The molecule has 3 aromatic rings. The molecule has 0 atom stereocenters. The Bertz CT molecular complexity index is 658. The average molecular weight is 303 g/mol. The Labute approximate surface area is 127 Å². The number of nitrogens with zero attached hydrogens (tertiary/aromatic N) is 1. The molecule has 0 fully saturated rings. The molecule has 0 amide bonds. The number of thiazole rings is 1. The molecule has 0 saturated heterocycles. The Morgan fingerprint density at radius 2 is 1.70 bits per heavy atom. The van der Waals surface area contributed by atoms with E-state index in [2.05, 4.69) is 52.8 Å². The number of halogens is 1. The minimum atomic E-state index is 0.569. The van der Waals surface area contributed by atoms with Gasteiger partial charge in [0.2, 0.25) is 0 Å². The molecule has 0 aliphatic carbocycles. The van der Waals surface area contributed by atoms with E-state index in [1.54, 1.807) is 11.3 Å². The molecule has 1 heterocycles. The number of aromatic nitrogens is 1. The van der Waals surface area contributed by atoms with Gasteiger partial charge in [0.05, 0.1) is 10.2 Å². The van der Waals surface area contributed by atoms with Gasteiger partial charge in [-0.2, -0.15) is 0 Å². The van der Waals surface area contributed by atoms with Gasteiger partial charge >= 0.3 is 0 Å². The minimum absolute atomic E-state index is 0.569. The number of para-hydroxylation sites is 1. The first kappa shape index (κ1) is 13.6. The van der Waals surface area contributed by atoms with Gasteiger partial charge in [-0.25, -0.2) is 4.98 Å². The van der Waals surface area contributed by atoms with Crippen LogP contribution in [0.5, 0.6) is 0 Å². The Morgan fingerprint density at radius 1 is 0.950 bits per heavy atom. The van der Waals surface area contributed by atoms with Crippen LogP contribution in [0.2, 0.25) is 0 Å². The van der Waals surface area contributed by atoms with Crippen LogP contribution in [0.25, 0.3) is 10.2 Å². The molecule has 0 bridgehead atoms. The summed E-state index contributed by atoms with van der Waals surface area (Å²) in [5.74, 6) is 0.569. The first-order valence-corrected chi connectivity index (χ1v) is 7.89. The van der Waals surface area contributed by atoms with Crippen molar-refractivity contribution in [1.29, 1.82) is 0 Å². The second-order valence-corrected chi connectivity index (χ2v) is 6.01. The van der Waals surface area contributed by atoms with Crippen LogP contribution in [0.15, 0.2) is 48.5 Å². The zero-order chi connectivity index (χ0) is 13.8. The normalized spacial score (nSPS) is 11.1. The van der Waals surface area contributed by atoms with Crippen molar-refractivity contribution in [1.82, 2.24) is 10.3 Å². The van der Waals surface area contributed by atoms with Gasteiger partial charge in [-0.3, -0.25) is 0 Å². The smallest absolute Gasteiger partial charge is 0.108 e. The lowest BCUT2D eigenvalue weighted by molar-refractivity contribution is 0.691. The van der Waals surface area contributed by atoms with Gasteiger partial charge in [-0.1, -0.05) is 36.4 Å². The maximum atomic E-state index is 5.78. The lowest BCUT2D eigenvalue weighted by Crippen LogP contribution is -2.12. The Balaban J connectivity index is 1.58. The average Bonchev–Trinajstić information content (AvgIpc) is 2.90. The molecule has 2 nitrogen and oxygen atoms in total. The first-order valence-electron chi connectivity index (χ1n) is 6.54. The molecule has 102 valence electrons. The van der Waals surface area contributed by atoms with Gasteiger partial charge in [-0.05, 0) is 23.3 Å². The maximum absolute atomic E-state index is 5.78. The fourth-order valence-corrected chi connectivity index (χ4v) is 3.17. The SMILES string of the molecule is ClCc1ccc(CNCc2nc3ccccc3s2)cc1. The van der Waals surface area contributed by atoms with Crippen molar-refractivity contribution >= 4 is 33.2 Å². The molecular formula is C16H15ClN2S. The highest BCUT2D eigenvalue weighted by atomic mass is 35.5. The number of benzene rings is 2. The zero-order valence-corrected chi connectivity index (χ0v) is 12.5. The summed E-state index contributed by atoms with van der Waals surface area (Å²) in [6.07, 6.45) is 0. The number of fused-ring (bicyclic) bond motifs is 1. The van der Waals surface area contributed by atoms with Crippen molar-refractivity contribution in [3.8, 4) is 0 Å². The van der Waals surface area contributed by atoms with E-state index in [1.807, 2.05) is 6.07 Å². The van der Waals surface area contributed by atoms with E-state index < -0.39 is 0 Å². The molecule has 1 N–H and O–H groups in total. The number of alkyl halides is 1. The lowest BCUT2D eigenvalue weighted by Gasteiger charge is -2.03. The topological polar surface area (TPSA) is 24.9 Å². The second-order valence-electron chi connectivity index (χ2n) is 4.63. The number of hydrogen-bond donors (Lipinski definition) is 1. The summed E-state index contributed by atoms with van der Waals surface area (Å²) < 4.78 is 1.25. The summed E-state index contributed by atoms with van der Waals surface area (Å²) in [7, 11) is 0. The van der Waals surface area contributed by atoms with Gasteiger partial charge in [0, 0.05) is 19.0 Å². The predicted molar refractivity (Wildman–Crippen MR) is 86.2 cm³/mol. The standard InChI is InChI=1S/C16H15ClN2S/c17-9-12-5-7-13(8-6-12)10-18-11-16-19-14-3-1-2-4-15(14)20-16/h1-8,18H,9-11H2. The first-order chi connectivity index (χ1) is 9.85. The van der Waals surface area contributed by atoms with E-state index in [9.17, 15) is 0 Å². The van der Waals surface area contributed by atoms with Gasteiger partial charge in [0.15, 0.2) is 0 Å². The van der Waals surface area contributed by atoms with Crippen LogP contribution in [0.3, 0.4) is 0 Å². The van der Waals surface area contributed by atoms with Crippen molar-refractivity contribution in [3.63, 3.8) is 0 Å². The summed E-state index contributed by atoms with van der Waals surface area (Å²) in [4.78, 5) is 4.61. The van der Waals surface area contributed by atoms with Crippen molar-refractivity contribution < 1.29 is 0 Å². The minimum Gasteiger partial charge on any atom is -0.306 e. The number of hydrogen-bond acceptors (Lipinski definition) is 3. The third-order valence-electron chi connectivity index (χ3n) is 3.12. The summed E-state index contributed by atoms with van der Waals surface area (Å²) in [5, 5.41) is 4.56. The van der Waals surface area contributed by atoms with E-state index >= 15 is 0 Å². The highest BCUT2D eigenvalue weighted by molar-refractivity contribution is 7.18. The Kier molecular flexibility index (Phi) is 4.31. The van der Waals surface area contributed by atoms with E-state index in [0.717, 1.165) is 29.2 Å². The monoisotopic (exact) mass is 302 g/mol. The van der Waals surface area contributed by atoms with Gasteiger partial charge < -0.3 is 5.32 Å². The molecule has 4 heteroatoms. The molecule has 20 heavy (non-hydrogen) atoms. The third kappa shape index (κ3) is 3.18. The van der Waals surface area contributed by atoms with E-state index in [1.165, 1.54) is 10.3 Å². The summed E-state index contributed by atoms with van der Waals surface area (Å²) in [5.41, 5.74) is 3.50. The molecular weight excluding hydrogens is 288 g/mol. The fourth-order valence-electron chi connectivity index (χ4n) is 2.06. The lowest BCUT2D eigenvalue weighted by atomic mass is 10.1. The quantitative estimate of drug-likeness (QED) is 0.710. The fraction of sp³-hybridized carbons (Fsp3) is 0.188. The largest absolute Gasteiger partial charge is 0.306 e. The van der Waals surface area contributed by atoms with Crippen molar-refractivity contribution in [2.45, 2.75) is 19.0 Å². The molecule has 3 rings (SSSR count). The van der Waals surface area contributed by atoms with Crippen LogP contribution in [-0.4, -0.2) is 4.98 Å². The summed E-state index contributed by atoms with van der Waals surface area (Å²) in [6, 6.07) is 16.6. The van der Waals surface area contributed by atoms with Gasteiger partial charge in [0.1, 0.15) is 5.01 Å². The zero-order valence-electron chi connectivity index (χ0n) is 11.0. The van der Waals surface area contributed by atoms with Crippen LogP contribution in [0.1, 0.15) is 16.1 Å². The third-order valence-corrected chi connectivity index (χ3v) is 4.47. The van der Waals surface area contributed by atoms with E-state index in [4.69, 9.17) is 11.6 Å². The van der Waals surface area contributed by atoms with Crippen molar-refractivity contribution in [2.75, 3.05) is 0 Å². The van der Waals surface area contributed by atoms with Gasteiger partial charge in [-0.15, -0.1) is 22.9 Å². The van der Waals surface area contributed by atoms with Gasteiger partial charge in [0.25, 0.3) is 0 Å². The molecule has 0 unspecified atom stereocenters. The predicted octanol–water partition coefficient (Wildman–Crippen LogP) is 4.32. The van der Waals surface area contributed by atoms with E-state index in [0.29, 0.717) is 5.88 Å². The molecule has 0 aliphatic rings. The molecule has 0 saturated carbocycles. The summed E-state index contributed by atoms with van der Waals surface area (Å²) in [6.45, 7) is 1.65. The van der Waals surface area contributed by atoms with Crippen molar-refractivity contribution in [2.24, 2.45) is 0 Å². The van der Waals surface area contributed by atoms with Crippen LogP contribution >= 0.6 is 22.9 Å². The maximum Gasteiger partial charge on any atom is 0.108 e. The number of nitrogens with one attached hydrogen (secondary N) is 1. The Morgan fingerprint density at radius 3 is 2.45 bits per heavy atom. The molecule has 0 aliphatic heterocycles. The molecule has 1 aromatic heterocycles. The second kappa shape index (κ2) is 6.35. The van der Waals surface area contributed by atoms with Crippen molar-refractivity contribution in [3.05, 3.63) is 64.7 Å².